The van der Waals surface area contributed by atoms with E-state index in [2.05, 4.69) is 58.7 Å². The Morgan fingerprint density at radius 3 is 2.74 bits per heavy atom. The van der Waals surface area contributed by atoms with Crippen molar-refractivity contribution in [2.75, 3.05) is 13.6 Å². The standard InChI is InChI=1S/C17H24N4S.HI/c1-5-18-17(19-10-15-8-6-7-13(2)9-15)21(4)11-16-12-22-14(3)20-16;/h6-9,12H,5,10-11H2,1-4H3,(H,18,19);1H. The summed E-state index contributed by atoms with van der Waals surface area (Å²) in [5.74, 6) is 0.912. The van der Waals surface area contributed by atoms with Crippen molar-refractivity contribution in [3.05, 3.63) is 51.5 Å². The molecule has 1 aromatic carbocycles. The Bertz CT molecular complexity index is 639. The summed E-state index contributed by atoms with van der Waals surface area (Å²) in [6.07, 6.45) is 0. The van der Waals surface area contributed by atoms with Gasteiger partial charge in [-0.2, -0.15) is 0 Å². The zero-order valence-corrected chi connectivity index (χ0v) is 17.3. The lowest BCUT2D eigenvalue weighted by Gasteiger charge is -2.21. The van der Waals surface area contributed by atoms with Crippen LogP contribution in [0.15, 0.2) is 34.6 Å². The van der Waals surface area contributed by atoms with Gasteiger partial charge < -0.3 is 10.2 Å². The van der Waals surface area contributed by atoms with Crippen molar-refractivity contribution in [2.45, 2.75) is 33.9 Å². The molecule has 0 spiro atoms. The van der Waals surface area contributed by atoms with E-state index in [0.717, 1.165) is 29.8 Å². The highest BCUT2D eigenvalue weighted by Crippen LogP contribution is 2.10. The van der Waals surface area contributed by atoms with Gasteiger partial charge in [-0.1, -0.05) is 29.8 Å². The number of rotatable bonds is 5. The van der Waals surface area contributed by atoms with E-state index in [-0.39, 0.29) is 24.0 Å². The van der Waals surface area contributed by atoms with Gasteiger partial charge >= 0.3 is 0 Å². The van der Waals surface area contributed by atoms with Gasteiger partial charge in [0, 0.05) is 19.0 Å². The predicted molar refractivity (Wildman–Crippen MR) is 110 cm³/mol. The summed E-state index contributed by atoms with van der Waals surface area (Å²) < 4.78 is 0. The maximum absolute atomic E-state index is 4.73. The Hall–Kier alpha value is -1.15. The van der Waals surface area contributed by atoms with E-state index < -0.39 is 0 Å². The van der Waals surface area contributed by atoms with Crippen molar-refractivity contribution < 1.29 is 0 Å². The fourth-order valence-electron chi connectivity index (χ4n) is 2.25. The minimum Gasteiger partial charge on any atom is -0.357 e. The zero-order chi connectivity index (χ0) is 15.9. The zero-order valence-electron chi connectivity index (χ0n) is 14.2. The van der Waals surface area contributed by atoms with E-state index >= 15 is 0 Å². The molecule has 0 aliphatic heterocycles. The summed E-state index contributed by atoms with van der Waals surface area (Å²) in [6.45, 7) is 8.53. The fourth-order valence-corrected chi connectivity index (χ4v) is 2.85. The highest BCUT2D eigenvalue weighted by molar-refractivity contribution is 14.0. The van der Waals surface area contributed by atoms with Crippen LogP contribution in [0.2, 0.25) is 0 Å². The van der Waals surface area contributed by atoms with Crippen LogP contribution >= 0.6 is 35.3 Å². The van der Waals surface area contributed by atoms with Gasteiger partial charge in [0.15, 0.2) is 5.96 Å². The van der Waals surface area contributed by atoms with Crippen molar-refractivity contribution in [1.82, 2.24) is 15.2 Å². The Balaban J connectivity index is 0.00000264. The molecule has 2 rings (SSSR count). The molecule has 0 aliphatic rings. The van der Waals surface area contributed by atoms with Gasteiger partial charge in [0.1, 0.15) is 0 Å². The van der Waals surface area contributed by atoms with E-state index in [1.54, 1.807) is 11.3 Å². The maximum Gasteiger partial charge on any atom is 0.194 e. The van der Waals surface area contributed by atoms with Gasteiger partial charge in [0.25, 0.3) is 0 Å². The van der Waals surface area contributed by atoms with Crippen LogP contribution in [0.5, 0.6) is 0 Å². The molecule has 0 fully saturated rings. The molecule has 6 heteroatoms. The minimum atomic E-state index is 0. The molecule has 23 heavy (non-hydrogen) atoms. The number of aliphatic imine (C=N–C) groups is 1. The fraction of sp³-hybridized carbons (Fsp3) is 0.412. The number of thiazole rings is 1. The van der Waals surface area contributed by atoms with Crippen LogP contribution in [0.1, 0.15) is 28.8 Å². The molecule has 0 amide bonds. The number of benzene rings is 1. The molecule has 126 valence electrons. The van der Waals surface area contributed by atoms with E-state index in [9.17, 15) is 0 Å². The average molecular weight is 444 g/mol. The normalized spacial score (nSPS) is 11.0. The molecule has 0 atom stereocenters. The lowest BCUT2D eigenvalue weighted by molar-refractivity contribution is 0.471. The molecule has 2 aromatic rings. The third-order valence-electron chi connectivity index (χ3n) is 3.26. The molecule has 0 saturated heterocycles. The lowest BCUT2D eigenvalue weighted by atomic mass is 10.1. The van der Waals surface area contributed by atoms with Crippen molar-refractivity contribution in [2.24, 2.45) is 4.99 Å². The van der Waals surface area contributed by atoms with Crippen LogP contribution in [-0.4, -0.2) is 29.4 Å². The van der Waals surface area contributed by atoms with Gasteiger partial charge in [-0.3, -0.25) is 0 Å². The van der Waals surface area contributed by atoms with Crippen LogP contribution < -0.4 is 5.32 Å². The summed E-state index contributed by atoms with van der Waals surface area (Å²) in [7, 11) is 2.05. The second kappa shape index (κ2) is 9.87. The smallest absolute Gasteiger partial charge is 0.194 e. The van der Waals surface area contributed by atoms with Crippen LogP contribution in [0.3, 0.4) is 0 Å². The second-order valence-electron chi connectivity index (χ2n) is 5.37. The number of hydrogen-bond donors (Lipinski definition) is 1. The van der Waals surface area contributed by atoms with E-state index in [4.69, 9.17) is 4.99 Å². The number of halogens is 1. The van der Waals surface area contributed by atoms with E-state index in [1.807, 2.05) is 14.0 Å². The van der Waals surface area contributed by atoms with Crippen LogP contribution in [-0.2, 0) is 13.1 Å². The first-order chi connectivity index (χ1) is 10.6. The summed E-state index contributed by atoms with van der Waals surface area (Å²) in [5, 5.41) is 6.55. The van der Waals surface area contributed by atoms with E-state index in [1.165, 1.54) is 11.1 Å². The first-order valence-electron chi connectivity index (χ1n) is 7.54. The number of aryl methyl sites for hydroxylation is 2. The van der Waals surface area contributed by atoms with E-state index in [0.29, 0.717) is 6.54 Å². The van der Waals surface area contributed by atoms with Gasteiger partial charge in [-0.25, -0.2) is 9.98 Å². The molecule has 4 nitrogen and oxygen atoms in total. The third kappa shape index (κ3) is 6.47. The number of guanidine groups is 1. The molecular weight excluding hydrogens is 419 g/mol. The summed E-state index contributed by atoms with van der Waals surface area (Å²) in [5.41, 5.74) is 3.59. The number of nitrogens with one attached hydrogen (secondary N) is 1. The molecule has 0 saturated carbocycles. The molecule has 0 radical (unpaired) electrons. The molecule has 0 aliphatic carbocycles. The molecule has 1 N–H and O–H groups in total. The van der Waals surface area contributed by atoms with Crippen LogP contribution in [0.25, 0.3) is 0 Å². The van der Waals surface area contributed by atoms with Gasteiger partial charge in [-0.15, -0.1) is 35.3 Å². The Morgan fingerprint density at radius 1 is 1.35 bits per heavy atom. The number of aromatic nitrogens is 1. The Labute approximate surface area is 160 Å². The van der Waals surface area contributed by atoms with Gasteiger partial charge in [0.2, 0.25) is 0 Å². The largest absolute Gasteiger partial charge is 0.357 e. The molecule has 0 bridgehead atoms. The summed E-state index contributed by atoms with van der Waals surface area (Å²) in [6, 6.07) is 8.48. The monoisotopic (exact) mass is 444 g/mol. The molecule has 1 heterocycles. The van der Waals surface area contributed by atoms with Gasteiger partial charge in [0.05, 0.1) is 23.8 Å². The highest BCUT2D eigenvalue weighted by atomic mass is 127. The third-order valence-corrected chi connectivity index (χ3v) is 4.08. The first-order valence-corrected chi connectivity index (χ1v) is 8.42. The molecule has 1 aromatic heterocycles. The predicted octanol–water partition coefficient (Wildman–Crippen LogP) is 3.98. The molecule has 0 unspecified atom stereocenters. The SMILES string of the molecule is CCNC(=NCc1cccc(C)c1)N(C)Cc1csc(C)n1.I. The van der Waals surface area contributed by atoms with Crippen LogP contribution in [0, 0.1) is 13.8 Å². The van der Waals surface area contributed by atoms with Crippen molar-refractivity contribution >= 4 is 41.3 Å². The topological polar surface area (TPSA) is 40.5 Å². The highest BCUT2D eigenvalue weighted by Gasteiger charge is 2.08. The second-order valence-corrected chi connectivity index (χ2v) is 6.44. The first kappa shape index (κ1) is 19.9. The summed E-state index contributed by atoms with van der Waals surface area (Å²) in [4.78, 5) is 11.4. The average Bonchev–Trinajstić information content (AvgIpc) is 2.88. The lowest BCUT2D eigenvalue weighted by Crippen LogP contribution is -2.38. The Morgan fingerprint density at radius 2 is 2.13 bits per heavy atom. The molecular formula is C17H25IN4S. The number of hydrogen-bond acceptors (Lipinski definition) is 3. The number of nitrogens with zero attached hydrogens (tertiary/aromatic N) is 3. The minimum absolute atomic E-state index is 0. The van der Waals surface area contributed by atoms with Crippen molar-refractivity contribution in [3.8, 4) is 0 Å². The quantitative estimate of drug-likeness (QED) is 0.431. The van der Waals surface area contributed by atoms with Gasteiger partial charge in [-0.05, 0) is 26.3 Å². The van der Waals surface area contributed by atoms with Crippen LogP contribution in [0.4, 0.5) is 0 Å². The summed E-state index contributed by atoms with van der Waals surface area (Å²) >= 11 is 1.69. The van der Waals surface area contributed by atoms with Crippen molar-refractivity contribution in [1.29, 1.82) is 0 Å². The van der Waals surface area contributed by atoms with Crippen molar-refractivity contribution in [3.63, 3.8) is 0 Å². The Kier molecular flexibility index (Phi) is 8.54. The maximum atomic E-state index is 4.73.